The van der Waals surface area contributed by atoms with Crippen molar-refractivity contribution in [3.05, 3.63) is 35.9 Å². The average molecular weight is 260 g/mol. The third-order valence-corrected chi connectivity index (χ3v) is 4.09. The first-order valence-electron chi connectivity index (χ1n) is 7.30. The first kappa shape index (κ1) is 14.1. The molecule has 1 aliphatic carbocycles. The summed E-state index contributed by atoms with van der Waals surface area (Å²) in [6.07, 6.45) is 3.96. The van der Waals surface area contributed by atoms with Crippen LogP contribution >= 0.6 is 0 Å². The van der Waals surface area contributed by atoms with E-state index in [0.717, 1.165) is 38.8 Å². The van der Waals surface area contributed by atoms with Gasteiger partial charge in [-0.2, -0.15) is 0 Å². The molecule has 3 heteroatoms. The lowest BCUT2D eigenvalue weighted by atomic mass is 10.0. The third-order valence-electron chi connectivity index (χ3n) is 4.09. The minimum atomic E-state index is 0.0516. The van der Waals surface area contributed by atoms with Gasteiger partial charge in [0.05, 0.1) is 5.92 Å². The van der Waals surface area contributed by atoms with Crippen LogP contribution in [-0.2, 0) is 11.2 Å². The van der Waals surface area contributed by atoms with Gasteiger partial charge >= 0.3 is 0 Å². The summed E-state index contributed by atoms with van der Waals surface area (Å²) in [6, 6.07) is 10.4. The highest BCUT2D eigenvalue weighted by Gasteiger charge is 2.32. The largest absolute Gasteiger partial charge is 0.342 e. The highest BCUT2D eigenvalue weighted by atomic mass is 16.2. The van der Waals surface area contributed by atoms with E-state index in [1.165, 1.54) is 5.56 Å². The Bertz CT molecular complexity index is 404. The zero-order valence-corrected chi connectivity index (χ0v) is 11.7. The number of carbonyl (C=O) groups is 1. The van der Waals surface area contributed by atoms with E-state index in [9.17, 15) is 4.79 Å². The minimum absolute atomic E-state index is 0.0516. The molecule has 2 unspecified atom stereocenters. The van der Waals surface area contributed by atoms with Gasteiger partial charge in [0.15, 0.2) is 0 Å². The Morgan fingerprint density at radius 2 is 2.05 bits per heavy atom. The van der Waals surface area contributed by atoms with Crippen LogP contribution in [0.5, 0.6) is 0 Å². The molecule has 104 valence electrons. The van der Waals surface area contributed by atoms with Crippen LogP contribution in [0.4, 0.5) is 0 Å². The monoisotopic (exact) mass is 260 g/mol. The molecule has 1 aromatic carbocycles. The van der Waals surface area contributed by atoms with Crippen LogP contribution in [0.15, 0.2) is 30.3 Å². The lowest BCUT2D eigenvalue weighted by molar-refractivity contribution is -0.135. The van der Waals surface area contributed by atoms with E-state index in [1.54, 1.807) is 0 Å². The number of benzene rings is 1. The topological polar surface area (TPSA) is 46.3 Å². The van der Waals surface area contributed by atoms with Crippen LogP contribution in [-0.4, -0.2) is 29.9 Å². The van der Waals surface area contributed by atoms with E-state index in [1.807, 2.05) is 30.0 Å². The maximum Gasteiger partial charge on any atom is 0.227 e. The standard InChI is InChI=1S/C16H24N2O/c1-2-18(12-11-13-7-4-3-5-8-13)16(19)14-9-6-10-15(14)17/h3-5,7-8,14-15H,2,6,9-12,17H2,1H3. The van der Waals surface area contributed by atoms with Crippen molar-refractivity contribution in [1.82, 2.24) is 4.90 Å². The van der Waals surface area contributed by atoms with E-state index in [0.29, 0.717) is 0 Å². The molecule has 0 spiro atoms. The second kappa shape index (κ2) is 6.71. The molecule has 0 radical (unpaired) electrons. The van der Waals surface area contributed by atoms with Gasteiger partial charge in [-0.15, -0.1) is 0 Å². The Morgan fingerprint density at radius 3 is 2.63 bits per heavy atom. The molecule has 19 heavy (non-hydrogen) atoms. The van der Waals surface area contributed by atoms with Gasteiger partial charge in [0.2, 0.25) is 5.91 Å². The highest BCUT2D eigenvalue weighted by Crippen LogP contribution is 2.25. The summed E-state index contributed by atoms with van der Waals surface area (Å²) in [5, 5.41) is 0. The number of likely N-dealkylation sites (N-methyl/N-ethyl adjacent to an activating group) is 1. The maximum absolute atomic E-state index is 12.5. The van der Waals surface area contributed by atoms with Crippen molar-refractivity contribution in [3.63, 3.8) is 0 Å². The summed E-state index contributed by atoms with van der Waals surface area (Å²) in [7, 11) is 0. The van der Waals surface area contributed by atoms with Crippen LogP contribution in [0, 0.1) is 5.92 Å². The van der Waals surface area contributed by atoms with E-state index in [4.69, 9.17) is 5.73 Å². The zero-order chi connectivity index (χ0) is 13.7. The van der Waals surface area contributed by atoms with Crippen LogP contribution in [0.1, 0.15) is 31.7 Å². The number of hydrogen-bond acceptors (Lipinski definition) is 2. The SMILES string of the molecule is CCN(CCc1ccccc1)C(=O)C1CCCC1N. The molecule has 2 rings (SSSR count). The number of nitrogens with zero attached hydrogens (tertiary/aromatic N) is 1. The van der Waals surface area contributed by atoms with Crippen LogP contribution in [0.2, 0.25) is 0 Å². The summed E-state index contributed by atoms with van der Waals surface area (Å²) >= 11 is 0. The second-order valence-electron chi connectivity index (χ2n) is 5.35. The van der Waals surface area contributed by atoms with Crippen LogP contribution in [0.3, 0.4) is 0 Å². The molecule has 1 aromatic rings. The van der Waals surface area contributed by atoms with Crippen molar-refractivity contribution in [2.75, 3.05) is 13.1 Å². The van der Waals surface area contributed by atoms with Gasteiger partial charge in [-0.25, -0.2) is 0 Å². The van der Waals surface area contributed by atoms with Gasteiger partial charge in [-0.1, -0.05) is 36.8 Å². The van der Waals surface area contributed by atoms with Gasteiger partial charge in [-0.05, 0) is 31.7 Å². The van der Waals surface area contributed by atoms with Crippen molar-refractivity contribution in [1.29, 1.82) is 0 Å². The molecule has 1 fully saturated rings. The Labute approximate surface area is 115 Å². The smallest absolute Gasteiger partial charge is 0.227 e. The Morgan fingerprint density at radius 1 is 1.32 bits per heavy atom. The fourth-order valence-corrected chi connectivity index (χ4v) is 2.86. The maximum atomic E-state index is 12.5. The van der Waals surface area contributed by atoms with Crippen LogP contribution < -0.4 is 5.73 Å². The van der Waals surface area contributed by atoms with E-state index in [2.05, 4.69) is 12.1 Å². The van der Waals surface area contributed by atoms with Gasteiger partial charge < -0.3 is 10.6 Å². The molecule has 1 amide bonds. The number of hydrogen-bond donors (Lipinski definition) is 1. The molecule has 0 bridgehead atoms. The predicted molar refractivity (Wildman–Crippen MR) is 77.7 cm³/mol. The van der Waals surface area contributed by atoms with Gasteiger partial charge in [0.1, 0.15) is 0 Å². The van der Waals surface area contributed by atoms with Crippen molar-refractivity contribution >= 4 is 5.91 Å². The summed E-state index contributed by atoms with van der Waals surface area (Å²) in [4.78, 5) is 14.4. The molecular formula is C16H24N2O. The van der Waals surface area contributed by atoms with Crippen molar-refractivity contribution in [2.24, 2.45) is 11.7 Å². The van der Waals surface area contributed by atoms with Crippen LogP contribution in [0.25, 0.3) is 0 Å². The van der Waals surface area contributed by atoms with Crippen molar-refractivity contribution < 1.29 is 4.79 Å². The molecule has 0 heterocycles. The van der Waals surface area contributed by atoms with Gasteiger partial charge in [-0.3, -0.25) is 4.79 Å². The van der Waals surface area contributed by atoms with Crippen molar-refractivity contribution in [3.8, 4) is 0 Å². The van der Waals surface area contributed by atoms with E-state index >= 15 is 0 Å². The lowest BCUT2D eigenvalue weighted by Crippen LogP contribution is -2.42. The molecule has 2 atom stereocenters. The van der Waals surface area contributed by atoms with E-state index < -0.39 is 0 Å². The molecule has 0 aromatic heterocycles. The summed E-state index contributed by atoms with van der Waals surface area (Å²) in [6.45, 7) is 3.61. The highest BCUT2D eigenvalue weighted by molar-refractivity contribution is 5.79. The van der Waals surface area contributed by atoms with E-state index in [-0.39, 0.29) is 17.9 Å². The zero-order valence-electron chi connectivity index (χ0n) is 11.7. The van der Waals surface area contributed by atoms with Crippen molar-refractivity contribution in [2.45, 2.75) is 38.6 Å². The number of nitrogens with two attached hydrogens (primary N) is 1. The quantitative estimate of drug-likeness (QED) is 0.882. The fourth-order valence-electron chi connectivity index (χ4n) is 2.86. The molecule has 1 saturated carbocycles. The van der Waals surface area contributed by atoms with Gasteiger partial charge in [0, 0.05) is 19.1 Å². The molecule has 2 N–H and O–H groups in total. The Balaban J connectivity index is 1.91. The number of amides is 1. The minimum Gasteiger partial charge on any atom is -0.342 e. The summed E-state index contributed by atoms with van der Waals surface area (Å²) in [5.41, 5.74) is 7.31. The summed E-state index contributed by atoms with van der Waals surface area (Å²) in [5.74, 6) is 0.305. The van der Waals surface area contributed by atoms with Gasteiger partial charge in [0.25, 0.3) is 0 Å². The average Bonchev–Trinajstić information content (AvgIpc) is 2.86. The number of rotatable bonds is 5. The number of carbonyl (C=O) groups excluding carboxylic acids is 1. The predicted octanol–water partition coefficient (Wildman–Crippen LogP) is 2.21. The lowest BCUT2D eigenvalue weighted by Gasteiger charge is -2.26. The molecule has 3 nitrogen and oxygen atoms in total. The summed E-state index contributed by atoms with van der Waals surface area (Å²) < 4.78 is 0. The first-order chi connectivity index (χ1) is 9.22. The molecule has 0 saturated heterocycles. The fraction of sp³-hybridized carbons (Fsp3) is 0.562. The molecular weight excluding hydrogens is 236 g/mol. The first-order valence-corrected chi connectivity index (χ1v) is 7.30. The molecule has 0 aliphatic heterocycles. The molecule has 1 aliphatic rings. The Hall–Kier alpha value is -1.35. The third kappa shape index (κ3) is 3.57. The Kier molecular flexibility index (Phi) is 4.97. The second-order valence-corrected chi connectivity index (χ2v) is 5.35. The normalized spacial score (nSPS) is 22.4.